The van der Waals surface area contributed by atoms with Gasteiger partial charge in [-0.1, -0.05) is 23.1 Å². The number of carbonyl (C=O) groups is 2. The molecule has 0 spiro atoms. The second kappa shape index (κ2) is 7.41. The van der Waals surface area contributed by atoms with E-state index in [0.717, 1.165) is 31.5 Å². The van der Waals surface area contributed by atoms with E-state index in [4.69, 9.17) is 0 Å². The summed E-state index contributed by atoms with van der Waals surface area (Å²) in [7, 11) is 0. The lowest BCUT2D eigenvalue weighted by Gasteiger charge is -2.13. The molecule has 0 bridgehead atoms. The Morgan fingerprint density at radius 1 is 1.35 bits per heavy atom. The largest absolute Gasteiger partial charge is 0.342 e. The molecule has 0 saturated carbocycles. The molecule has 2 amide bonds. The van der Waals surface area contributed by atoms with Crippen molar-refractivity contribution in [1.29, 1.82) is 0 Å². The van der Waals surface area contributed by atoms with Crippen molar-refractivity contribution in [1.82, 2.24) is 15.1 Å². The number of anilines is 1. The summed E-state index contributed by atoms with van der Waals surface area (Å²) in [5.74, 6) is 0.332. The predicted molar refractivity (Wildman–Crippen MR) is 93.5 cm³/mol. The number of aryl methyl sites for hydroxylation is 1. The Labute approximate surface area is 146 Å². The first-order chi connectivity index (χ1) is 11.1. The molecule has 1 N–H and O–H groups in total. The molecule has 3 rings (SSSR count). The number of rotatable bonds is 5. The normalized spacial score (nSPS) is 14.2. The minimum Gasteiger partial charge on any atom is -0.342 e. The van der Waals surface area contributed by atoms with Crippen molar-refractivity contribution in [3.8, 4) is 0 Å². The lowest BCUT2D eigenvalue weighted by molar-refractivity contribution is -0.127. The first kappa shape index (κ1) is 16.4. The highest BCUT2D eigenvalue weighted by atomic mass is 32.2. The van der Waals surface area contributed by atoms with Gasteiger partial charge < -0.3 is 4.90 Å². The average molecular weight is 369 g/mol. The molecule has 3 heterocycles. The third-order valence-corrected chi connectivity index (χ3v) is 6.36. The van der Waals surface area contributed by atoms with Crippen LogP contribution in [0.3, 0.4) is 0 Å². The van der Waals surface area contributed by atoms with Gasteiger partial charge in [-0.05, 0) is 36.8 Å². The number of carbonyl (C=O) groups excluding carboxylic acids is 2. The number of amides is 2. The molecule has 0 aromatic carbocycles. The van der Waals surface area contributed by atoms with E-state index in [0.29, 0.717) is 20.1 Å². The highest BCUT2D eigenvalue weighted by Gasteiger charge is 2.19. The van der Waals surface area contributed by atoms with Crippen LogP contribution in [-0.2, 0) is 4.79 Å². The van der Waals surface area contributed by atoms with Gasteiger partial charge in [0.1, 0.15) is 0 Å². The van der Waals surface area contributed by atoms with Gasteiger partial charge in [-0.3, -0.25) is 14.9 Å². The summed E-state index contributed by atoms with van der Waals surface area (Å²) >= 11 is 4.06. The Bertz CT molecular complexity index is 706. The summed E-state index contributed by atoms with van der Waals surface area (Å²) in [4.78, 5) is 26.6. The van der Waals surface area contributed by atoms with E-state index in [1.54, 1.807) is 0 Å². The molecule has 0 radical (unpaired) electrons. The zero-order chi connectivity index (χ0) is 16.2. The maximum atomic E-state index is 12.0. The van der Waals surface area contributed by atoms with Crippen molar-refractivity contribution in [3.63, 3.8) is 0 Å². The molecule has 0 aliphatic carbocycles. The summed E-state index contributed by atoms with van der Waals surface area (Å²) in [5, 5.41) is 13.1. The van der Waals surface area contributed by atoms with Crippen LogP contribution in [0.5, 0.6) is 0 Å². The van der Waals surface area contributed by atoms with Gasteiger partial charge in [0.15, 0.2) is 4.34 Å². The summed E-state index contributed by atoms with van der Waals surface area (Å²) in [6.07, 6.45) is 2.18. The fourth-order valence-electron chi connectivity index (χ4n) is 2.21. The van der Waals surface area contributed by atoms with Crippen LogP contribution in [0.1, 0.15) is 28.1 Å². The Morgan fingerprint density at radius 2 is 2.13 bits per heavy atom. The Balaban J connectivity index is 1.51. The quantitative estimate of drug-likeness (QED) is 0.649. The zero-order valence-electron chi connectivity index (χ0n) is 12.6. The Kier molecular flexibility index (Phi) is 5.29. The van der Waals surface area contributed by atoms with Gasteiger partial charge in [0.2, 0.25) is 11.0 Å². The van der Waals surface area contributed by atoms with Crippen LogP contribution < -0.4 is 5.32 Å². The molecule has 0 unspecified atom stereocenters. The van der Waals surface area contributed by atoms with Crippen LogP contribution in [0.4, 0.5) is 5.13 Å². The van der Waals surface area contributed by atoms with Crippen molar-refractivity contribution >= 4 is 51.4 Å². The lowest BCUT2D eigenvalue weighted by Crippen LogP contribution is -2.29. The monoisotopic (exact) mass is 368 g/mol. The lowest BCUT2D eigenvalue weighted by atomic mass is 10.3. The van der Waals surface area contributed by atoms with Crippen LogP contribution in [-0.4, -0.2) is 45.8 Å². The van der Waals surface area contributed by atoms with Crippen LogP contribution in [0.15, 0.2) is 15.8 Å². The van der Waals surface area contributed by atoms with Crippen molar-refractivity contribution in [2.75, 3.05) is 24.2 Å². The van der Waals surface area contributed by atoms with E-state index >= 15 is 0 Å². The summed E-state index contributed by atoms with van der Waals surface area (Å²) in [6, 6.07) is 1.84. The van der Waals surface area contributed by atoms with Crippen LogP contribution in [0.25, 0.3) is 0 Å². The maximum Gasteiger partial charge on any atom is 0.267 e. The fourth-order valence-corrected chi connectivity index (χ4v) is 4.65. The molecular formula is C14H16N4O2S3. The predicted octanol–water partition coefficient (Wildman–Crippen LogP) is 2.87. The minimum atomic E-state index is -0.177. The second-order valence-corrected chi connectivity index (χ2v) is 8.30. The number of thioether (sulfide) groups is 1. The van der Waals surface area contributed by atoms with Crippen molar-refractivity contribution < 1.29 is 9.59 Å². The number of likely N-dealkylation sites (tertiary alicyclic amines) is 1. The average Bonchev–Trinajstić information content (AvgIpc) is 3.26. The number of hydrogen-bond donors (Lipinski definition) is 1. The number of thiophene rings is 1. The minimum absolute atomic E-state index is 0.141. The van der Waals surface area contributed by atoms with E-state index in [2.05, 4.69) is 15.5 Å². The van der Waals surface area contributed by atoms with Gasteiger partial charge in [0.05, 0.1) is 10.6 Å². The van der Waals surface area contributed by atoms with Gasteiger partial charge in [-0.15, -0.1) is 21.5 Å². The molecule has 6 nitrogen and oxygen atoms in total. The van der Waals surface area contributed by atoms with Crippen molar-refractivity contribution in [3.05, 3.63) is 21.9 Å². The zero-order valence-corrected chi connectivity index (χ0v) is 15.0. The first-order valence-corrected chi connectivity index (χ1v) is 9.90. The molecule has 1 aliphatic heterocycles. The van der Waals surface area contributed by atoms with Crippen LogP contribution in [0.2, 0.25) is 0 Å². The Hall–Kier alpha value is -1.45. The number of aromatic nitrogens is 2. The van der Waals surface area contributed by atoms with E-state index < -0.39 is 0 Å². The van der Waals surface area contributed by atoms with E-state index in [-0.39, 0.29) is 11.8 Å². The van der Waals surface area contributed by atoms with E-state index in [1.165, 1.54) is 34.4 Å². The Morgan fingerprint density at radius 3 is 2.83 bits per heavy atom. The number of hydrogen-bond acceptors (Lipinski definition) is 7. The molecule has 9 heteroatoms. The van der Waals surface area contributed by atoms with Crippen LogP contribution in [0, 0.1) is 6.92 Å². The third-order valence-electron chi connectivity index (χ3n) is 3.36. The van der Waals surface area contributed by atoms with Gasteiger partial charge in [0.25, 0.3) is 5.91 Å². The summed E-state index contributed by atoms with van der Waals surface area (Å²) in [5.41, 5.74) is 1.06. The molecule has 1 saturated heterocycles. The number of nitrogens with one attached hydrogen (secondary N) is 1. The second-order valence-electron chi connectivity index (χ2n) is 5.19. The SMILES string of the molecule is Cc1csc(C(=O)Nc2nnc(SCC(=O)N3CCCC3)s2)c1. The topological polar surface area (TPSA) is 75.2 Å². The van der Waals surface area contributed by atoms with Gasteiger partial charge in [0, 0.05) is 13.1 Å². The molecule has 2 aromatic heterocycles. The van der Waals surface area contributed by atoms with Gasteiger partial charge in [-0.25, -0.2) is 0 Å². The molecule has 0 atom stereocenters. The highest BCUT2D eigenvalue weighted by molar-refractivity contribution is 8.01. The molecule has 23 heavy (non-hydrogen) atoms. The van der Waals surface area contributed by atoms with Crippen molar-refractivity contribution in [2.24, 2.45) is 0 Å². The smallest absolute Gasteiger partial charge is 0.267 e. The molecule has 122 valence electrons. The standard InChI is InChI=1S/C14H16N4O2S3/c1-9-6-10(21-7-9)12(20)15-13-16-17-14(23-13)22-8-11(19)18-4-2-3-5-18/h6-7H,2-5,8H2,1H3,(H,15,16,20). The van der Waals surface area contributed by atoms with E-state index in [9.17, 15) is 9.59 Å². The molecule has 1 fully saturated rings. The highest BCUT2D eigenvalue weighted by Crippen LogP contribution is 2.27. The molecular weight excluding hydrogens is 352 g/mol. The third kappa shape index (κ3) is 4.30. The van der Waals surface area contributed by atoms with E-state index in [1.807, 2.05) is 23.3 Å². The van der Waals surface area contributed by atoms with Crippen molar-refractivity contribution in [2.45, 2.75) is 24.1 Å². The maximum absolute atomic E-state index is 12.0. The summed E-state index contributed by atoms with van der Waals surface area (Å²) in [6.45, 7) is 3.67. The molecule has 2 aromatic rings. The first-order valence-electron chi connectivity index (χ1n) is 7.22. The number of nitrogens with zero attached hydrogens (tertiary/aromatic N) is 3. The van der Waals surface area contributed by atoms with Gasteiger partial charge >= 0.3 is 0 Å². The molecule has 1 aliphatic rings. The fraction of sp³-hybridized carbons (Fsp3) is 0.429. The van der Waals surface area contributed by atoms with Gasteiger partial charge in [-0.2, -0.15) is 0 Å². The van der Waals surface area contributed by atoms with Crippen LogP contribution >= 0.6 is 34.4 Å². The summed E-state index contributed by atoms with van der Waals surface area (Å²) < 4.78 is 0.690.